The van der Waals surface area contributed by atoms with Crippen molar-refractivity contribution in [1.82, 2.24) is 10.2 Å². The van der Waals surface area contributed by atoms with Gasteiger partial charge >= 0.3 is 0 Å². The van der Waals surface area contributed by atoms with Gasteiger partial charge in [-0.1, -0.05) is 66.2 Å². The Balaban J connectivity index is 1.78. The normalized spacial score (nSPS) is 15.7. The first-order valence-electron chi connectivity index (χ1n) is 9.07. The average Bonchev–Trinajstić information content (AvgIpc) is 3.16. The molecule has 140 valence electrons. The van der Waals surface area contributed by atoms with Crippen molar-refractivity contribution in [2.24, 2.45) is 5.73 Å². The first kappa shape index (κ1) is 17.4. The molecule has 5 nitrogen and oxygen atoms in total. The minimum Gasteiger partial charge on any atom is -0.420 e. The van der Waals surface area contributed by atoms with Crippen molar-refractivity contribution in [2.45, 2.75) is 5.92 Å². The van der Waals surface area contributed by atoms with Crippen molar-refractivity contribution < 1.29 is 4.74 Å². The number of H-pyrrole nitrogens is 1. The molecule has 0 saturated carbocycles. The van der Waals surface area contributed by atoms with Crippen LogP contribution in [0.5, 0.6) is 5.88 Å². The van der Waals surface area contributed by atoms with E-state index in [1.54, 1.807) is 12.1 Å². The summed E-state index contributed by atoms with van der Waals surface area (Å²) in [5.41, 5.74) is 9.87. The number of nitrogens with two attached hydrogens (primary N) is 1. The van der Waals surface area contributed by atoms with E-state index in [0.717, 1.165) is 33.2 Å². The highest BCUT2D eigenvalue weighted by molar-refractivity contribution is 6.30. The summed E-state index contributed by atoms with van der Waals surface area (Å²) in [5.74, 6) is 0.0361. The summed E-state index contributed by atoms with van der Waals surface area (Å²) in [6.45, 7) is 0. The molecule has 4 aromatic rings. The largest absolute Gasteiger partial charge is 0.420 e. The van der Waals surface area contributed by atoms with E-state index >= 15 is 0 Å². The van der Waals surface area contributed by atoms with Gasteiger partial charge in [0.2, 0.25) is 11.8 Å². The molecule has 0 aliphatic carbocycles. The van der Waals surface area contributed by atoms with Crippen molar-refractivity contribution in [3.8, 4) is 23.2 Å². The van der Waals surface area contributed by atoms with Gasteiger partial charge in [0.05, 0.1) is 17.2 Å². The number of aromatic nitrogens is 2. The quantitative estimate of drug-likeness (QED) is 0.491. The molecule has 3 aromatic carbocycles. The van der Waals surface area contributed by atoms with E-state index < -0.39 is 5.92 Å². The minimum absolute atomic E-state index is 0.0657. The zero-order valence-corrected chi connectivity index (χ0v) is 15.9. The summed E-state index contributed by atoms with van der Waals surface area (Å²) < 4.78 is 5.69. The molecular formula is C23H15ClN4O. The van der Waals surface area contributed by atoms with Crippen molar-refractivity contribution in [3.63, 3.8) is 0 Å². The van der Waals surface area contributed by atoms with Crippen LogP contribution in [-0.2, 0) is 0 Å². The molecule has 0 bridgehead atoms. The molecule has 5 rings (SSSR count). The van der Waals surface area contributed by atoms with Crippen LogP contribution < -0.4 is 10.5 Å². The molecule has 0 amide bonds. The maximum atomic E-state index is 9.82. The van der Waals surface area contributed by atoms with Crippen molar-refractivity contribution >= 4 is 22.4 Å². The van der Waals surface area contributed by atoms with E-state index in [4.69, 9.17) is 22.1 Å². The van der Waals surface area contributed by atoms with Crippen LogP contribution in [0.1, 0.15) is 17.0 Å². The summed E-state index contributed by atoms with van der Waals surface area (Å²) >= 11 is 6.08. The molecule has 0 saturated heterocycles. The van der Waals surface area contributed by atoms with Crippen molar-refractivity contribution in [2.75, 3.05) is 0 Å². The van der Waals surface area contributed by atoms with Gasteiger partial charge in [0.1, 0.15) is 11.6 Å². The molecule has 29 heavy (non-hydrogen) atoms. The molecule has 0 fully saturated rings. The highest BCUT2D eigenvalue weighted by Crippen LogP contribution is 2.46. The van der Waals surface area contributed by atoms with E-state index in [1.807, 2.05) is 36.4 Å². The number of aromatic amines is 1. The molecule has 0 unspecified atom stereocenters. The third kappa shape index (κ3) is 2.74. The molecular weight excluding hydrogens is 384 g/mol. The second kappa shape index (κ2) is 6.69. The van der Waals surface area contributed by atoms with E-state index in [1.165, 1.54) is 0 Å². The number of hydrogen-bond donors (Lipinski definition) is 2. The van der Waals surface area contributed by atoms with Gasteiger partial charge in [-0.15, -0.1) is 5.10 Å². The number of halogens is 1. The summed E-state index contributed by atoms with van der Waals surface area (Å²) in [5, 5.41) is 20.1. The Bertz CT molecular complexity index is 1310. The van der Waals surface area contributed by atoms with E-state index in [2.05, 4.69) is 34.5 Å². The van der Waals surface area contributed by atoms with Gasteiger partial charge in [-0.3, -0.25) is 5.10 Å². The Labute approximate surface area is 172 Å². The lowest BCUT2D eigenvalue weighted by atomic mass is 9.82. The third-order valence-electron chi connectivity index (χ3n) is 5.20. The van der Waals surface area contributed by atoms with Crippen LogP contribution in [0.4, 0.5) is 0 Å². The summed E-state index contributed by atoms with van der Waals surface area (Å²) in [4.78, 5) is 0. The fraction of sp³-hybridized carbons (Fsp3) is 0.0435. The topological polar surface area (TPSA) is 87.7 Å². The number of nitriles is 1. The molecule has 1 aliphatic rings. The van der Waals surface area contributed by atoms with E-state index in [0.29, 0.717) is 16.5 Å². The second-order valence-electron chi connectivity index (χ2n) is 6.82. The molecule has 0 radical (unpaired) electrons. The first-order chi connectivity index (χ1) is 14.2. The van der Waals surface area contributed by atoms with Gasteiger partial charge in [0, 0.05) is 10.6 Å². The Morgan fingerprint density at radius 1 is 1.03 bits per heavy atom. The first-order valence-corrected chi connectivity index (χ1v) is 9.44. The Kier molecular flexibility index (Phi) is 4.01. The van der Waals surface area contributed by atoms with Gasteiger partial charge in [-0.25, -0.2) is 0 Å². The van der Waals surface area contributed by atoms with Gasteiger partial charge in [0.25, 0.3) is 0 Å². The second-order valence-corrected chi connectivity index (χ2v) is 7.26. The minimum atomic E-state index is -0.409. The zero-order chi connectivity index (χ0) is 20.0. The summed E-state index contributed by atoms with van der Waals surface area (Å²) in [6, 6.07) is 23.8. The van der Waals surface area contributed by atoms with Crippen LogP contribution in [0.25, 0.3) is 22.0 Å². The SMILES string of the molecule is N#CC1=C(N)Oc2n[nH]c(-c3cccc4ccccc34)c2[C@H]1c1ccc(Cl)cc1. The predicted octanol–water partition coefficient (Wildman–Crippen LogP) is 5.10. The van der Waals surface area contributed by atoms with Crippen LogP contribution >= 0.6 is 11.6 Å². The Morgan fingerprint density at radius 2 is 1.79 bits per heavy atom. The van der Waals surface area contributed by atoms with E-state index in [9.17, 15) is 5.26 Å². The van der Waals surface area contributed by atoms with Gasteiger partial charge in [0.15, 0.2) is 0 Å². The highest BCUT2D eigenvalue weighted by atomic mass is 35.5. The number of ether oxygens (including phenoxy) is 1. The molecule has 2 heterocycles. The molecule has 6 heteroatoms. The van der Waals surface area contributed by atoms with Crippen LogP contribution in [0.3, 0.4) is 0 Å². The average molecular weight is 399 g/mol. The number of allylic oxidation sites excluding steroid dienone is 1. The Morgan fingerprint density at radius 3 is 2.59 bits per heavy atom. The fourth-order valence-corrected chi connectivity index (χ4v) is 4.01. The molecule has 3 N–H and O–H groups in total. The number of nitrogens with zero attached hydrogens (tertiary/aromatic N) is 2. The van der Waals surface area contributed by atoms with Gasteiger partial charge < -0.3 is 10.5 Å². The highest BCUT2D eigenvalue weighted by Gasteiger charge is 2.35. The Hall–Kier alpha value is -3.75. The summed E-state index contributed by atoms with van der Waals surface area (Å²) in [6.07, 6.45) is 0. The lowest BCUT2D eigenvalue weighted by Crippen LogP contribution is -2.20. The third-order valence-corrected chi connectivity index (χ3v) is 5.45. The zero-order valence-electron chi connectivity index (χ0n) is 15.2. The summed E-state index contributed by atoms with van der Waals surface area (Å²) in [7, 11) is 0. The van der Waals surface area contributed by atoms with Crippen LogP contribution in [0.15, 0.2) is 78.2 Å². The lowest BCUT2D eigenvalue weighted by Gasteiger charge is -2.24. The maximum absolute atomic E-state index is 9.82. The monoisotopic (exact) mass is 398 g/mol. The van der Waals surface area contributed by atoms with Crippen molar-refractivity contribution in [1.29, 1.82) is 5.26 Å². The number of hydrogen-bond acceptors (Lipinski definition) is 4. The predicted molar refractivity (Wildman–Crippen MR) is 112 cm³/mol. The van der Waals surface area contributed by atoms with E-state index in [-0.39, 0.29) is 5.88 Å². The number of benzene rings is 3. The number of fused-ring (bicyclic) bond motifs is 2. The molecule has 1 atom stereocenters. The van der Waals surface area contributed by atoms with Gasteiger partial charge in [-0.2, -0.15) is 5.26 Å². The number of rotatable bonds is 2. The van der Waals surface area contributed by atoms with Crippen molar-refractivity contribution in [3.05, 3.63) is 94.3 Å². The van der Waals surface area contributed by atoms with Crippen LogP contribution in [0.2, 0.25) is 5.02 Å². The van der Waals surface area contributed by atoms with Gasteiger partial charge in [-0.05, 0) is 28.5 Å². The number of nitrogens with one attached hydrogen (secondary N) is 1. The van der Waals surface area contributed by atoms with Crippen LogP contribution in [-0.4, -0.2) is 10.2 Å². The molecule has 1 aliphatic heterocycles. The maximum Gasteiger partial charge on any atom is 0.244 e. The molecule has 0 spiro atoms. The molecule has 1 aromatic heterocycles. The van der Waals surface area contributed by atoms with Crippen LogP contribution in [0, 0.1) is 11.3 Å². The smallest absolute Gasteiger partial charge is 0.244 e. The standard InChI is InChI=1S/C23H15ClN4O/c24-15-10-8-14(9-11-15)19-18(12-25)22(26)29-23-20(19)21(27-28-23)17-7-3-5-13-4-1-2-6-16(13)17/h1-11,19H,26H2,(H,27,28)/t19-/m0/s1. The lowest BCUT2D eigenvalue weighted by molar-refractivity contribution is 0.379. The fourth-order valence-electron chi connectivity index (χ4n) is 3.88.